The molecule has 0 unspecified atom stereocenters. The second-order valence-electron chi connectivity index (χ2n) is 6.09. The molecule has 25 heavy (non-hydrogen) atoms. The van der Waals surface area contributed by atoms with Crippen molar-refractivity contribution in [3.05, 3.63) is 36.0 Å². The number of carbonyl (C=O) groups is 1. The van der Waals surface area contributed by atoms with Gasteiger partial charge < -0.3 is 4.74 Å². The number of ether oxygens (including phenoxy) is 1. The van der Waals surface area contributed by atoms with E-state index in [4.69, 9.17) is 4.74 Å². The topological polar surface area (TPSA) is 91.2 Å². The SMILES string of the molecule is CCOC(=O)[C@@](C)(CCn1nnc(-c2ccccc2)c1C)S(C)(=O)=O. The Labute approximate surface area is 147 Å². The Balaban J connectivity index is 2.25. The van der Waals surface area contributed by atoms with Crippen LogP contribution in [0.5, 0.6) is 0 Å². The zero-order valence-electron chi connectivity index (χ0n) is 14.9. The molecule has 136 valence electrons. The van der Waals surface area contributed by atoms with E-state index >= 15 is 0 Å². The fraction of sp³-hybridized carbons (Fsp3) is 0.471. The molecule has 0 spiro atoms. The van der Waals surface area contributed by atoms with Crippen molar-refractivity contribution in [2.75, 3.05) is 12.9 Å². The molecular weight excluding hydrogens is 342 g/mol. The average Bonchev–Trinajstić information content (AvgIpc) is 2.93. The lowest BCUT2D eigenvalue weighted by Gasteiger charge is -2.25. The molecule has 7 nitrogen and oxygen atoms in total. The number of hydrogen-bond donors (Lipinski definition) is 0. The van der Waals surface area contributed by atoms with Crippen molar-refractivity contribution in [1.82, 2.24) is 15.0 Å². The van der Waals surface area contributed by atoms with Gasteiger partial charge in [-0.3, -0.25) is 4.79 Å². The van der Waals surface area contributed by atoms with Gasteiger partial charge in [0.1, 0.15) is 5.69 Å². The second-order valence-corrected chi connectivity index (χ2v) is 8.53. The highest BCUT2D eigenvalue weighted by Crippen LogP contribution is 2.25. The molecule has 1 heterocycles. The van der Waals surface area contributed by atoms with E-state index in [-0.39, 0.29) is 19.6 Å². The summed E-state index contributed by atoms with van der Waals surface area (Å²) in [5, 5.41) is 8.28. The molecule has 0 N–H and O–H groups in total. The summed E-state index contributed by atoms with van der Waals surface area (Å²) < 4.78 is 29.3. The third kappa shape index (κ3) is 3.89. The molecule has 2 rings (SSSR count). The summed E-state index contributed by atoms with van der Waals surface area (Å²) in [5.41, 5.74) is 2.48. The number of aryl methyl sites for hydroxylation is 1. The molecule has 8 heteroatoms. The molecule has 1 aromatic carbocycles. The van der Waals surface area contributed by atoms with Gasteiger partial charge in [0, 0.05) is 18.4 Å². The fourth-order valence-electron chi connectivity index (χ4n) is 2.48. The highest BCUT2D eigenvalue weighted by molar-refractivity contribution is 7.92. The summed E-state index contributed by atoms with van der Waals surface area (Å²) >= 11 is 0. The number of hydrogen-bond acceptors (Lipinski definition) is 6. The summed E-state index contributed by atoms with van der Waals surface area (Å²) in [6.45, 7) is 5.28. The minimum absolute atomic E-state index is 0.0586. The molecule has 0 saturated carbocycles. The Bertz CT molecular complexity index is 846. The maximum absolute atomic E-state index is 12.2. The summed E-state index contributed by atoms with van der Waals surface area (Å²) in [6, 6.07) is 9.60. The van der Waals surface area contributed by atoms with Crippen LogP contribution in [0.25, 0.3) is 11.3 Å². The van der Waals surface area contributed by atoms with E-state index in [9.17, 15) is 13.2 Å². The maximum atomic E-state index is 12.2. The predicted molar refractivity (Wildman–Crippen MR) is 94.7 cm³/mol. The summed E-state index contributed by atoms with van der Waals surface area (Å²) in [6.07, 6.45) is 1.11. The van der Waals surface area contributed by atoms with E-state index in [1.807, 2.05) is 37.3 Å². The molecule has 1 aromatic heterocycles. The molecule has 2 aromatic rings. The Hall–Kier alpha value is -2.22. The lowest BCUT2D eigenvalue weighted by molar-refractivity contribution is -0.146. The van der Waals surface area contributed by atoms with Crippen molar-refractivity contribution in [1.29, 1.82) is 0 Å². The van der Waals surface area contributed by atoms with E-state index < -0.39 is 20.6 Å². The molecule has 1 atom stereocenters. The van der Waals surface area contributed by atoms with Gasteiger partial charge in [-0.2, -0.15) is 0 Å². The van der Waals surface area contributed by atoms with Gasteiger partial charge in [0.05, 0.1) is 12.3 Å². The van der Waals surface area contributed by atoms with Crippen LogP contribution in [0.3, 0.4) is 0 Å². The standard InChI is InChI=1S/C17H23N3O4S/c1-5-24-16(21)17(3,25(4,22)23)11-12-20-13(2)15(18-19-20)14-9-7-6-8-10-14/h6-10H,5,11-12H2,1-4H3/t17-/m1/s1. The van der Waals surface area contributed by atoms with E-state index in [1.165, 1.54) is 6.92 Å². The number of aromatic nitrogens is 3. The minimum atomic E-state index is -3.65. The quantitative estimate of drug-likeness (QED) is 0.697. The van der Waals surface area contributed by atoms with Crippen LogP contribution in [0, 0.1) is 6.92 Å². The fourth-order valence-corrected chi connectivity index (χ4v) is 3.30. The van der Waals surface area contributed by atoms with Gasteiger partial charge in [-0.1, -0.05) is 35.5 Å². The third-order valence-electron chi connectivity index (χ3n) is 4.36. The Kier molecular flexibility index (Phi) is 5.62. The van der Waals surface area contributed by atoms with Crippen molar-refractivity contribution in [2.45, 2.75) is 38.5 Å². The first kappa shape index (κ1) is 19.1. The van der Waals surface area contributed by atoms with Crippen molar-refractivity contribution >= 4 is 15.8 Å². The number of nitrogens with zero attached hydrogens (tertiary/aromatic N) is 3. The molecular formula is C17H23N3O4S. The van der Waals surface area contributed by atoms with Crippen LogP contribution in [-0.2, 0) is 25.9 Å². The van der Waals surface area contributed by atoms with Crippen LogP contribution in [0.1, 0.15) is 26.0 Å². The van der Waals surface area contributed by atoms with Gasteiger partial charge in [0.25, 0.3) is 0 Å². The van der Waals surface area contributed by atoms with Crippen molar-refractivity contribution in [2.24, 2.45) is 0 Å². The van der Waals surface area contributed by atoms with Crippen LogP contribution in [0.4, 0.5) is 0 Å². The minimum Gasteiger partial charge on any atom is -0.465 e. The van der Waals surface area contributed by atoms with E-state index in [0.717, 1.165) is 23.2 Å². The number of esters is 1. The monoisotopic (exact) mass is 365 g/mol. The number of benzene rings is 1. The number of sulfone groups is 1. The molecule has 0 aliphatic heterocycles. The Morgan fingerprint density at radius 3 is 2.48 bits per heavy atom. The molecule has 0 radical (unpaired) electrons. The van der Waals surface area contributed by atoms with Gasteiger partial charge in [0.15, 0.2) is 14.6 Å². The predicted octanol–water partition coefficient (Wildman–Crippen LogP) is 2.01. The van der Waals surface area contributed by atoms with E-state index in [0.29, 0.717) is 0 Å². The molecule has 0 saturated heterocycles. The van der Waals surface area contributed by atoms with Crippen LogP contribution >= 0.6 is 0 Å². The average molecular weight is 365 g/mol. The van der Waals surface area contributed by atoms with Crippen LogP contribution < -0.4 is 0 Å². The highest BCUT2D eigenvalue weighted by atomic mass is 32.2. The zero-order valence-corrected chi connectivity index (χ0v) is 15.7. The molecule has 0 bridgehead atoms. The highest BCUT2D eigenvalue weighted by Gasteiger charge is 2.44. The lowest BCUT2D eigenvalue weighted by Crippen LogP contribution is -2.45. The molecule has 0 fully saturated rings. The Morgan fingerprint density at radius 2 is 1.92 bits per heavy atom. The normalized spacial score (nSPS) is 14.1. The lowest BCUT2D eigenvalue weighted by atomic mass is 10.1. The maximum Gasteiger partial charge on any atom is 0.327 e. The van der Waals surface area contributed by atoms with Crippen LogP contribution in [0.2, 0.25) is 0 Å². The van der Waals surface area contributed by atoms with Gasteiger partial charge in [-0.25, -0.2) is 13.1 Å². The van der Waals surface area contributed by atoms with Crippen LogP contribution in [-0.4, -0.2) is 47.0 Å². The molecule has 0 aliphatic carbocycles. The first-order chi connectivity index (χ1) is 11.7. The first-order valence-corrected chi connectivity index (χ1v) is 9.92. The summed E-state index contributed by atoms with van der Waals surface area (Å²) in [7, 11) is -3.65. The number of rotatable bonds is 7. The van der Waals surface area contributed by atoms with Crippen molar-refractivity contribution < 1.29 is 17.9 Å². The van der Waals surface area contributed by atoms with Crippen molar-refractivity contribution in [3.63, 3.8) is 0 Å². The summed E-state index contributed by atoms with van der Waals surface area (Å²) in [5.74, 6) is -0.737. The summed E-state index contributed by atoms with van der Waals surface area (Å²) in [4.78, 5) is 12.2. The Morgan fingerprint density at radius 1 is 1.28 bits per heavy atom. The zero-order chi connectivity index (χ0) is 18.7. The van der Waals surface area contributed by atoms with Crippen LogP contribution in [0.15, 0.2) is 30.3 Å². The largest absolute Gasteiger partial charge is 0.465 e. The van der Waals surface area contributed by atoms with E-state index in [1.54, 1.807) is 11.6 Å². The van der Waals surface area contributed by atoms with Gasteiger partial charge in [0.2, 0.25) is 0 Å². The smallest absolute Gasteiger partial charge is 0.327 e. The molecule has 0 aliphatic rings. The van der Waals surface area contributed by atoms with E-state index in [2.05, 4.69) is 10.3 Å². The van der Waals surface area contributed by atoms with Gasteiger partial charge in [-0.05, 0) is 27.2 Å². The van der Waals surface area contributed by atoms with Gasteiger partial charge >= 0.3 is 5.97 Å². The first-order valence-electron chi connectivity index (χ1n) is 8.03. The second kappa shape index (κ2) is 7.35. The number of carbonyl (C=O) groups excluding carboxylic acids is 1. The third-order valence-corrected chi connectivity index (χ3v) is 6.36. The van der Waals surface area contributed by atoms with Crippen molar-refractivity contribution in [3.8, 4) is 11.3 Å². The van der Waals surface area contributed by atoms with Gasteiger partial charge in [-0.15, -0.1) is 5.10 Å². The molecule has 0 amide bonds.